The maximum Gasteiger partial charge on any atom is 0.515 e. The first-order valence-corrected chi connectivity index (χ1v) is 13.8. The highest BCUT2D eigenvalue weighted by atomic mass is 32.2. The molecule has 2 fully saturated rings. The lowest BCUT2D eigenvalue weighted by atomic mass is 9.99. The monoisotopic (exact) mass is 454 g/mol. The molecule has 10 heteroatoms. The fourth-order valence-corrected chi connectivity index (χ4v) is 5.65. The third-order valence-corrected chi connectivity index (χ3v) is 11.9. The minimum absolute atomic E-state index is 0.00328. The molecule has 0 unspecified atom stereocenters. The topological polar surface area (TPSA) is 94.2 Å². The number of carbonyl (C=O) groups excluding carboxylic acids is 3. The van der Waals surface area contributed by atoms with Gasteiger partial charge in [0, 0.05) is 25.5 Å². The number of hydrogen-bond donors (Lipinski definition) is 1. The van der Waals surface area contributed by atoms with Crippen molar-refractivity contribution in [2.75, 3.05) is 13.2 Å². The Morgan fingerprint density at radius 3 is 2.60 bits per heavy atom. The molecule has 0 aromatic heterocycles. The molecule has 30 heavy (non-hydrogen) atoms. The van der Waals surface area contributed by atoms with Gasteiger partial charge in [-0.1, -0.05) is 45.2 Å². The minimum Gasteiger partial charge on any atom is -0.430 e. The van der Waals surface area contributed by atoms with Crippen LogP contribution < -0.4 is 5.32 Å². The van der Waals surface area contributed by atoms with Crippen molar-refractivity contribution in [2.45, 2.75) is 63.2 Å². The molecule has 166 valence electrons. The van der Waals surface area contributed by atoms with Crippen molar-refractivity contribution in [1.29, 1.82) is 0 Å². The lowest BCUT2D eigenvalue weighted by Crippen LogP contribution is -2.59. The first-order valence-electron chi connectivity index (χ1n) is 10.1. The number of carbonyl (C=O) groups is 3. The number of rotatable bonds is 8. The fraction of sp³-hybridized carbons (Fsp3) is 0.650. The third kappa shape index (κ3) is 4.45. The lowest BCUT2D eigenvalue weighted by Gasteiger charge is -2.44. The third-order valence-electron chi connectivity index (χ3n) is 6.03. The molecule has 0 saturated carbocycles. The second-order valence-electron chi connectivity index (χ2n) is 9.25. The second-order valence-corrected chi connectivity index (χ2v) is 15.3. The van der Waals surface area contributed by atoms with Crippen molar-refractivity contribution in [1.82, 2.24) is 10.2 Å². The Bertz CT molecular complexity index is 783. The van der Waals surface area contributed by atoms with Crippen LogP contribution >= 0.6 is 11.8 Å². The van der Waals surface area contributed by atoms with Crippen molar-refractivity contribution in [3.05, 3.63) is 23.4 Å². The van der Waals surface area contributed by atoms with Gasteiger partial charge in [0.15, 0.2) is 8.32 Å². The van der Waals surface area contributed by atoms with Crippen LogP contribution in [0.5, 0.6) is 0 Å². The van der Waals surface area contributed by atoms with Gasteiger partial charge in [-0.2, -0.15) is 0 Å². The Morgan fingerprint density at radius 2 is 2.03 bits per heavy atom. The molecule has 3 heterocycles. The van der Waals surface area contributed by atoms with Gasteiger partial charge in [-0.15, -0.1) is 0 Å². The van der Waals surface area contributed by atoms with E-state index in [0.717, 1.165) is 4.91 Å². The van der Waals surface area contributed by atoms with E-state index in [-0.39, 0.29) is 46.7 Å². The highest BCUT2D eigenvalue weighted by Gasteiger charge is 2.57. The molecule has 0 aromatic carbocycles. The molecule has 1 N–H and O–H groups in total. The summed E-state index contributed by atoms with van der Waals surface area (Å²) in [6, 6.07) is -0.0153. The molecular weight excluding hydrogens is 424 g/mol. The number of fused-ring (bicyclic) bond motifs is 1. The van der Waals surface area contributed by atoms with Gasteiger partial charge in [-0.25, -0.2) is 4.79 Å². The number of hydrogen-bond acceptors (Lipinski definition) is 7. The zero-order valence-electron chi connectivity index (χ0n) is 18.1. The predicted octanol–water partition coefficient (Wildman–Crippen LogP) is 3.33. The summed E-state index contributed by atoms with van der Waals surface area (Å²) in [5.41, 5.74) is 0. The maximum atomic E-state index is 12.9. The molecule has 0 spiro atoms. The summed E-state index contributed by atoms with van der Waals surface area (Å²) in [7, 11) is -1.99. The van der Waals surface area contributed by atoms with Gasteiger partial charge in [-0.05, 0) is 18.1 Å². The Hall–Kier alpha value is -1.78. The van der Waals surface area contributed by atoms with Gasteiger partial charge in [0.05, 0.1) is 10.8 Å². The van der Waals surface area contributed by atoms with E-state index in [1.54, 1.807) is 0 Å². The van der Waals surface area contributed by atoms with Crippen LogP contribution in [0.25, 0.3) is 0 Å². The van der Waals surface area contributed by atoms with Crippen molar-refractivity contribution in [3.63, 3.8) is 0 Å². The predicted molar refractivity (Wildman–Crippen MR) is 116 cm³/mol. The average molecular weight is 455 g/mol. The lowest BCUT2D eigenvalue weighted by molar-refractivity contribution is -0.151. The largest absolute Gasteiger partial charge is 0.515 e. The van der Waals surface area contributed by atoms with Gasteiger partial charge in [-0.3, -0.25) is 14.5 Å². The van der Waals surface area contributed by atoms with Crippen LogP contribution in [0.3, 0.4) is 0 Å². The Morgan fingerprint density at radius 1 is 1.37 bits per heavy atom. The first kappa shape index (κ1) is 22.9. The van der Waals surface area contributed by atoms with Gasteiger partial charge in [0.1, 0.15) is 12.0 Å². The quantitative estimate of drug-likeness (QED) is 0.260. The van der Waals surface area contributed by atoms with Crippen LogP contribution in [0.15, 0.2) is 23.4 Å². The van der Waals surface area contributed by atoms with Crippen LogP contribution in [-0.4, -0.2) is 55.8 Å². The van der Waals surface area contributed by atoms with Crippen LogP contribution in [0.2, 0.25) is 18.1 Å². The fourth-order valence-electron chi connectivity index (χ4n) is 3.13. The average Bonchev–Trinajstić information content (AvgIpc) is 2.91. The summed E-state index contributed by atoms with van der Waals surface area (Å²) >= 11 is 1.50. The zero-order chi connectivity index (χ0) is 22.3. The molecule has 3 atom stereocenters. The number of β-lactam (4-membered cyclic amide) rings is 2. The molecule has 0 aliphatic carbocycles. The number of amides is 2. The standard InChI is InChI=1S/C20H30N2O6SSi/c1-7-8-26-19(25)28-17-14(9-12-10-15(23)21-12)29-18-13(16(24)22(17)18)11-27-30(5,6)20(2,3)4/h7,12-13,18H,1,8-11H2,2-6H3,(H,21,23)/t12-,13+,18-/m1/s1. The molecule has 3 aliphatic rings. The van der Waals surface area contributed by atoms with Crippen LogP contribution in [0.1, 0.15) is 33.6 Å². The number of nitrogens with one attached hydrogen (secondary N) is 1. The molecule has 0 bridgehead atoms. The second kappa shape index (κ2) is 8.39. The van der Waals surface area contributed by atoms with E-state index in [2.05, 4.69) is 45.8 Å². The Labute approximate surface area is 182 Å². The Balaban J connectivity index is 1.69. The van der Waals surface area contributed by atoms with E-state index in [0.29, 0.717) is 19.4 Å². The summed E-state index contributed by atoms with van der Waals surface area (Å²) in [4.78, 5) is 38.4. The molecule has 0 radical (unpaired) electrons. The van der Waals surface area contributed by atoms with Crippen molar-refractivity contribution in [3.8, 4) is 0 Å². The van der Waals surface area contributed by atoms with Crippen LogP contribution in [-0.2, 0) is 23.5 Å². The molecule has 0 aromatic rings. The van der Waals surface area contributed by atoms with Gasteiger partial charge in [0.25, 0.3) is 0 Å². The number of nitrogens with zero attached hydrogens (tertiary/aromatic N) is 1. The normalized spacial score (nSPS) is 25.9. The SMILES string of the molecule is C=CCOC(=O)OC1=C(C[C@@H]2CC(=O)N2)S[C@@H]2[C@@H](CO[Si](C)(C)C(C)(C)C)C(=O)N12. The molecular formula is C20H30N2O6SSi. The van der Waals surface area contributed by atoms with E-state index in [1.807, 2.05) is 0 Å². The number of ether oxygens (including phenoxy) is 2. The van der Waals surface area contributed by atoms with Gasteiger partial charge >= 0.3 is 6.16 Å². The summed E-state index contributed by atoms with van der Waals surface area (Å²) in [6.45, 7) is 14.7. The first-order chi connectivity index (χ1) is 13.9. The Kier molecular flexibility index (Phi) is 6.40. The molecule has 8 nitrogen and oxygen atoms in total. The van der Waals surface area contributed by atoms with Crippen LogP contribution in [0, 0.1) is 5.92 Å². The summed E-state index contributed by atoms with van der Waals surface area (Å²) < 4.78 is 16.6. The summed E-state index contributed by atoms with van der Waals surface area (Å²) in [5, 5.41) is 2.70. The van der Waals surface area contributed by atoms with E-state index in [1.165, 1.54) is 22.7 Å². The molecule has 3 aliphatic heterocycles. The van der Waals surface area contributed by atoms with E-state index in [9.17, 15) is 14.4 Å². The van der Waals surface area contributed by atoms with Gasteiger partial charge < -0.3 is 19.2 Å². The van der Waals surface area contributed by atoms with Crippen molar-refractivity contribution in [2.24, 2.45) is 5.92 Å². The van der Waals surface area contributed by atoms with E-state index < -0.39 is 14.5 Å². The smallest absolute Gasteiger partial charge is 0.430 e. The number of thioether (sulfide) groups is 1. The van der Waals surface area contributed by atoms with Crippen LogP contribution in [0.4, 0.5) is 4.79 Å². The van der Waals surface area contributed by atoms with E-state index >= 15 is 0 Å². The summed E-state index contributed by atoms with van der Waals surface area (Å²) in [5.74, 6) is -0.198. The summed E-state index contributed by atoms with van der Waals surface area (Å²) in [6.07, 6.45) is 1.50. The molecule has 3 rings (SSSR count). The minimum atomic E-state index is -1.99. The zero-order valence-corrected chi connectivity index (χ0v) is 20.0. The molecule has 2 saturated heterocycles. The maximum absolute atomic E-state index is 12.9. The van der Waals surface area contributed by atoms with Gasteiger partial charge in [0.2, 0.25) is 17.7 Å². The van der Waals surface area contributed by atoms with Crippen molar-refractivity contribution < 1.29 is 28.3 Å². The van der Waals surface area contributed by atoms with E-state index in [4.69, 9.17) is 13.9 Å². The highest BCUT2D eigenvalue weighted by Crippen LogP contribution is 2.51. The van der Waals surface area contributed by atoms with Crippen molar-refractivity contribution >= 4 is 38.0 Å². The highest BCUT2D eigenvalue weighted by molar-refractivity contribution is 8.04. The molecule has 2 amide bonds.